The van der Waals surface area contributed by atoms with Crippen LogP contribution in [0.4, 0.5) is 13.6 Å². The Bertz CT molecular complexity index is 700. The largest absolute Gasteiger partial charge is 0.442 e. The highest BCUT2D eigenvalue weighted by Crippen LogP contribution is 2.30. The third-order valence-corrected chi connectivity index (χ3v) is 4.32. The van der Waals surface area contributed by atoms with Crippen LogP contribution < -0.4 is 5.32 Å². The van der Waals surface area contributed by atoms with Crippen LogP contribution in [0.1, 0.15) is 26.2 Å². The quantitative estimate of drug-likeness (QED) is 0.518. The topological polar surface area (TPSA) is 61.9 Å². The molecule has 8 heteroatoms. The van der Waals surface area contributed by atoms with Crippen LogP contribution in [-0.2, 0) is 9.53 Å². The predicted molar refractivity (Wildman–Crippen MR) is 97.7 cm³/mol. The van der Waals surface area contributed by atoms with Crippen molar-refractivity contribution in [1.82, 2.24) is 15.1 Å². The molecule has 0 spiro atoms. The maximum Gasteiger partial charge on any atom is 0.414 e. The molecule has 6 nitrogen and oxygen atoms in total. The molecule has 0 saturated carbocycles. The van der Waals surface area contributed by atoms with E-state index < -0.39 is 30.3 Å². The molecule has 2 rings (SSSR count). The summed E-state index contributed by atoms with van der Waals surface area (Å²) in [5.74, 6) is -1.59. The molecule has 0 aromatic carbocycles. The minimum atomic E-state index is -0.740. The number of hydrogen-bond donors (Lipinski definition) is 1. The number of cyclic esters (lactones) is 1. The van der Waals surface area contributed by atoms with Crippen molar-refractivity contribution in [2.75, 3.05) is 26.7 Å². The second-order valence-corrected chi connectivity index (χ2v) is 6.50. The summed E-state index contributed by atoms with van der Waals surface area (Å²) in [7, 11) is 1.73. The highest BCUT2D eigenvalue weighted by Gasteiger charge is 2.35. The number of rotatable bonds is 8. The summed E-state index contributed by atoms with van der Waals surface area (Å²) in [6.45, 7) is 5.82. The average Bonchev–Trinajstić information content (AvgIpc) is 2.89. The Morgan fingerprint density at radius 3 is 2.85 bits per heavy atom. The van der Waals surface area contributed by atoms with E-state index in [0.717, 1.165) is 17.7 Å². The first kappa shape index (κ1) is 20.7. The van der Waals surface area contributed by atoms with E-state index in [1.807, 2.05) is 0 Å². The number of allylic oxidation sites excluding steroid dienone is 5. The lowest BCUT2D eigenvalue weighted by molar-refractivity contribution is -0.119. The molecule has 1 aliphatic carbocycles. The molecule has 1 N–H and O–H groups in total. The second-order valence-electron chi connectivity index (χ2n) is 6.50. The van der Waals surface area contributed by atoms with Gasteiger partial charge in [0.2, 0.25) is 5.91 Å². The van der Waals surface area contributed by atoms with Gasteiger partial charge in [-0.3, -0.25) is 9.69 Å². The fourth-order valence-electron chi connectivity index (χ4n) is 2.90. The molecule has 1 fully saturated rings. The third-order valence-electron chi connectivity index (χ3n) is 4.32. The SMILES string of the molecule is C=CCCCN(C)C1=C(F)CC(F)=C(N2CC(CNC(C)=O)OC2=O)C=C1. The van der Waals surface area contributed by atoms with Crippen LogP contribution >= 0.6 is 0 Å². The third kappa shape index (κ3) is 5.42. The lowest BCUT2D eigenvalue weighted by atomic mass is 10.2. The van der Waals surface area contributed by atoms with Crippen LogP contribution in [0.5, 0.6) is 0 Å². The van der Waals surface area contributed by atoms with Crippen molar-refractivity contribution in [3.63, 3.8) is 0 Å². The van der Waals surface area contributed by atoms with Crippen LogP contribution in [0.2, 0.25) is 0 Å². The Kier molecular flexibility index (Phi) is 7.15. The molecule has 0 bridgehead atoms. The van der Waals surface area contributed by atoms with Gasteiger partial charge in [-0.15, -0.1) is 6.58 Å². The van der Waals surface area contributed by atoms with Crippen molar-refractivity contribution in [2.24, 2.45) is 0 Å². The molecule has 2 aliphatic rings. The van der Waals surface area contributed by atoms with Gasteiger partial charge in [0, 0.05) is 20.5 Å². The molecule has 148 valence electrons. The second kappa shape index (κ2) is 9.34. The summed E-state index contributed by atoms with van der Waals surface area (Å²) < 4.78 is 34.2. The predicted octanol–water partition coefficient (Wildman–Crippen LogP) is 3.16. The standard InChI is InChI=1S/C19H25F2N3O3/c1-4-5-6-9-23(3)17-7-8-18(16(21)10-15(17)20)24-12-14(27-19(24)26)11-22-13(2)25/h4,7-8,14H,1,5-6,9-12H2,2-3H3,(H,22,25). The van der Waals surface area contributed by atoms with Crippen LogP contribution in [0.3, 0.4) is 0 Å². The lowest BCUT2D eigenvalue weighted by Crippen LogP contribution is -2.33. The van der Waals surface area contributed by atoms with E-state index in [4.69, 9.17) is 4.74 Å². The number of ether oxygens (including phenoxy) is 1. The maximum absolute atomic E-state index is 14.6. The first-order chi connectivity index (χ1) is 12.8. The smallest absolute Gasteiger partial charge is 0.414 e. The lowest BCUT2D eigenvalue weighted by Gasteiger charge is -2.20. The monoisotopic (exact) mass is 381 g/mol. The zero-order valence-corrected chi connectivity index (χ0v) is 15.6. The number of likely N-dealkylation sites (N-methyl/N-ethyl adjacent to an activating group) is 1. The fraction of sp³-hybridized carbons (Fsp3) is 0.474. The molecule has 1 aliphatic heterocycles. The van der Waals surface area contributed by atoms with E-state index in [-0.39, 0.29) is 30.4 Å². The summed E-state index contributed by atoms with van der Waals surface area (Å²) in [6, 6.07) is 0. The number of unbranched alkanes of at least 4 members (excludes halogenated alkanes) is 1. The zero-order chi connectivity index (χ0) is 20.0. The molecule has 1 unspecified atom stereocenters. The van der Waals surface area contributed by atoms with E-state index in [1.54, 1.807) is 18.0 Å². The van der Waals surface area contributed by atoms with E-state index >= 15 is 0 Å². The van der Waals surface area contributed by atoms with Gasteiger partial charge >= 0.3 is 6.09 Å². The summed E-state index contributed by atoms with van der Waals surface area (Å²) >= 11 is 0. The highest BCUT2D eigenvalue weighted by atomic mass is 19.1. The van der Waals surface area contributed by atoms with Crippen molar-refractivity contribution in [3.8, 4) is 0 Å². The van der Waals surface area contributed by atoms with Gasteiger partial charge in [0.05, 0.1) is 30.9 Å². The average molecular weight is 381 g/mol. The molecule has 2 amide bonds. The molecule has 0 aromatic heterocycles. The van der Waals surface area contributed by atoms with Gasteiger partial charge < -0.3 is 15.0 Å². The molecule has 0 radical (unpaired) electrons. The highest BCUT2D eigenvalue weighted by molar-refractivity contribution is 5.74. The number of carbonyl (C=O) groups is 2. The minimum Gasteiger partial charge on any atom is -0.442 e. The first-order valence-corrected chi connectivity index (χ1v) is 8.83. The normalized spacial score (nSPS) is 19.9. The number of amides is 2. The molecule has 1 saturated heterocycles. The van der Waals surface area contributed by atoms with Gasteiger partial charge in [0.1, 0.15) is 17.8 Å². The Balaban J connectivity index is 2.09. The molecular formula is C19H25F2N3O3. The summed E-state index contributed by atoms with van der Waals surface area (Å²) in [6.07, 6.45) is 4.43. The van der Waals surface area contributed by atoms with Crippen LogP contribution in [0.15, 0.2) is 47.9 Å². The number of carbonyl (C=O) groups excluding carboxylic acids is 2. The van der Waals surface area contributed by atoms with E-state index in [9.17, 15) is 18.4 Å². The molecular weight excluding hydrogens is 356 g/mol. The number of hydrogen-bond acceptors (Lipinski definition) is 4. The summed E-state index contributed by atoms with van der Waals surface area (Å²) in [4.78, 5) is 25.9. The summed E-state index contributed by atoms with van der Waals surface area (Å²) in [5.41, 5.74) is 0.265. The van der Waals surface area contributed by atoms with Gasteiger partial charge in [-0.05, 0) is 25.0 Å². The molecule has 27 heavy (non-hydrogen) atoms. The van der Waals surface area contributed by atoms with Gasteiger partial charge in [-0.2, -0.15) is 0 Å². The van der Waals surface area contributed by atoms with Crippen molar-refractivity contribution in [2.45, 2.75) is 32.3 Å². The van der Waals surface area contributed by atoms with Crippen LogP contribution in [0, 0.1) is 0 Å². The molecule has 0 aromatic rings. The minimum absolute atomic E-state index is 0.0185. The van der Waals surface area contributed by atoms with E-state index in [2.05, 4.69) is 11.9 Å². The van der Waals surface area contributed by atoms with Crippen LogP contribution in [-0.4, -0.2) is 54.6 Å². The summed E-state index contributed by atoms with van der Waals surface area (Å²) in [5, 5.41) is 2.56. The molecule has 1 atom stereocenters. The van der Waals surface area contributed by atoms with Crippen molar-refractivity contribution in [1.29, 1.82) is 0 Å². The van der Waals surface area contributed by atoms with Crippen molar-refractivity contribution in [3.05, 3.63) is 47.9 Å². The van der Waals surface area contributed by atoms with E-state index in [0.29, 0.717) is 6.54 Å². The zero-order valence-electron chi connectivity index (χ0n) is 15.6. The van der Waals surface area contributed by atoms with Gasteiger partial charge in [0.25, 0.3) is 0 Å². The van der Waals surface area contributed by atoms with Crippen LogP contribution in [0.25, 0.3) is 0 Å². The number of halogens is 2. The van der Waals surface area contributed by atoms with Crippen molar-refractivity contribution < 1.29 is 23.1 Å². The Morgan fingerprint density at radius 2 is 2.19 bits per heavy atom. The Morgan fingerprint density at radius 1 is 1.44 bits per heavy atom. The van der Waals surface area contributed by atoms with E-state index in [1.165, 1.54) is 19.1 Å². The number of nitrogens with one attached hydrogen (secondary N) is 1. The van der Waals surface area contributed by atoms with Gasteiger partial charge in [-0.1, -0.05) is 6.08 Å². The molecule has 1 heterocycles. The van der Waals surface area contributed by atoms with Gasteiger partial charge in [0.15, 0.2) is 0 Å². The Hall–Kier alpha value is -2.64. The first-order valence-electron chi connectivity index (χ1n) is 8.83. The fourth-order valence-corrected chi connectivity index (χ4v) is 2.90. The maximum atomic E-state index is 14.6. The number of nitrogens with zero attached hydrogens (tertiary/aromatic N) is 2. The van der Waals surface area contributed by atoms with Gasteiger partial charge in [-0.25, -0.2) is 13.6 Å². The van der Waals surface area contributed by atoms with Crippen molar-refractivity contribution >= 4 is 12.0 Å². The Labute approximate surface area is 157 Å².